The van der Waals surface area contributed by atoms with E-state index in [0.29, 0.717) is 0 Å². The Morgan fingerprint density at radius 1 is 1.20 bits per heavy atom. The highest BCUT2D eigenvalue weighted by Gasteiger charge is 2.32. The molecule has 0 atom stereocenters. The SMILES string of the molecule is COCCNCC1(c2cccc(Cl)c2)CCCCCC1. The van der Waals surface area contributed by atoms with Crippen LogP contribution in [0.25, 0.3) is 0 Å². The van der Waals surface area contributed by atoms with Gasteiger partial charge in [0.15, 0.2) is 0 Å². The van der Waals surface area contributed by atoms with Gasteiger partial charge in [0.25, 0.3) is 0 Å². The maximum atomic E-state index is 6.21. The molecule has 0 unspecified atom stereocenters. The van der Waals surface area contributed by atoms with Crippen LogP contribution < -0.4 is 5.32 Å². The van der Waals surface area contributed by atoms with E-state index in [0.717, 1.165) is 24.7 Å². The molecule has 2 rings (SSSR count). The van der Waals surface area contributed by atoms with E-state index in [1.165, 1.54) is 44.1 Å². The van der Waals surface area contributed by atoms with Gasteiger partial charge in [-0.25, -0.2) is 0 Å². The second-order valence-corrected chi connectivity index (χ2v) is 6.31. The first-order chi connectivity index (χ1) is 9.77. The molecule has 1 aliphatic carbocycles. The first-order valence-corrected chi connectivity index (χ1v) is 8.10. The van der Waals surface area contributed by atoms with E-state index in [4.69, 9.17) is 16.3 Å². The van der Waals surface area contributed by atoms with E-state index in [9.17, 15) is 0 Å². The van der Waals surface area contributed by atoms with Crippen LogP contribution >= 0.6 is 11.6 Å². The van der Waals surface area contributed by atoms with E-state index in [1.807, 2.05) is 6.07 Å². The first-order valence-electron chi connectivity index (χ1n) is 7.73. The van der Waals surface area contributed by atoms with Crippen molar-refractivity contribution in [2.45, 2.75) is 43.9 Å². The maximum absolute atomic E-state index is 6.21. The summed E-state index contributed by atoms with van der Waals surface area (Å²) in [7, 11) is 1.75. The summed E-state index contributed by atoms with van der Waals surface area (Å²) in [6, 6.07) is 8.45. The summed E-state index contributed by atoms with van der Waals surface area (Å²) in [5.41, 5.74) is 1.65. The topological polar surface area (TPSA) is 21.3 Å². The van der Waals surface area contributed by atoms with Crippen molar-refractivity contribution in [3.05, 3.63) is 34.9 Å². The van der Waals surface area contributed by atoms with E-state index < -0.39 is 0 Å². The molecule has 0 saturated heterocycles. The van der Waals surface area contributed by atoms with Crippen molar-refractivity contribution in [2.24, 2.45) is 0 Å². The van der Waals surface area contributed by atoms with Gasteiger partial charge in [0.05, 0.1) is 6.61 Å². The molecule has 0 amide bonds. The molecular formula is C17H26ClNO. The van der Waals surface area contributed by atoms with Gasteiger partial charge in [0.2, 0.25) is 0 Å². The Labute approximate surface area is 127 Å². The molecule has 2 nitrogen and oxygen atoms in total. The zero-order valence-corrected chi connectivity index (χ0v) is 13.2. The van der Waals surface area contributed by atoms with Crippen molar-refractivity contribution >= 4 is 11.6 Å². The highest BCUT2D eigenvalue weighted by atomic mass is 35.5. The fraction of sp³-hybridized carbons (Fsp3) is 0.647. The average Bonchev–Trinajstić information content (AvgIpc) is 2.70. The Morgan fingerprint density at radius 3 is 2.60 bits per heavy atom. The molecule has 1 fully saturated rings. The normalized spacial score (nSPS) is 18.7. The molecule has 1 N–H and O–H groups in total. The second kappa shape index (κ2) is 8.02. The summed E-state index contributed by atoms with van der Waals surface area (Å²) in [5, 5.41) is 4.42. The van der Waals surface area contributed by atoms with Gasteiger partial charge in [-0.05, 0) is 30.5 Å². The van der Waals surface area contributed by atoms with Crippen LogP contribution in [0.2, 0.25) is 5.02 Å². The molecule has 0 radical (unpaired) electrons. The van der Waals surface area contributed by atoms with Crippen LogP contribution in [-0.2, 0) is 10.2 Å². The van der Waals surface area contributed by atoms with Gasteiger partial charge in [-0.2, -0.15) is 0 Å². The zero-order chi connectivity index (χ0) is 14.3. The molecule has 0 spiro atoms. The molecule has 1 aliphatic rings. The van der Waals surface area contributed by atoms with Crippen molar-refractivity contribution in [3.8, 4) is 0 Å². The van der Waals surface area contributed by atoms with Crippen LogP contribution in [0.15, 0.2) is 24.3 Å². The van der Waals surface area contributed by atoms with Gasteiger partial charge < -0.3 is 10.1 Å². The lowest BCUT2D eigenvalue weighted by Gasteiger charge is -2.34. The third-order valence-electron chi connectivity index (χ3n) is 4.44. The van der Waals surface area contributed by atoms with Crippen molar-refractivity contribution in [3.63, 3.8) is 0 Å². The minimum Gasteiger partial charge on any atom is -0.383 e. The van der Waals surface area contributed by atoms with Crippen LogP contribution in [0.3, 0.4) is 0 Å². The van der Waals surface area contributed by atoms with E-state index in [2.05, 4.69) is 23.5 Å². The summed E-state index contributed by atoms with van der Waals surface area (Å²) in [6.45, 7) is 2.71. The zero-order valence-electron chi connectivity index (χ0n) is 12.5. The van der Waals surface area contributed by atoms with Crippen LogP contribution in [0, 0.1) is 0 Å². The Balaban J connectivity index is 2.14. The fourth-order valence-electron chi connectivity index (χ4n) is 3.29. The van der Waals surface area contributed by atoms with Gasteiger partial charge in [0, 0.05) is 30.6 Å². The minimum absolute atomic E-state index is 0.245. The van der Waals surface area contributed by atoms with Crippen molar-refractivity contribution in [2.75, 3.05) is 26.8 Å². The summed E-state index contributed by atoms with van der Waals surface area (Å²) < 4.78 is 5.13. The van der Waals surface area contributed by atoms with Gasteiger partial charge in [-0.3, -0.25) is 0 Å². The number of hydrogen-bond acceptors (Lipinski definition) is 2. The Morgan fingerprint density at radius 2 is 1.95 bits per heavy atom. The molecule has 1 aromatic carbocycles. The third-order valence-corrected chi connectivity index (χ3v) is 4.68. The van der Waals surface area contributed by atoms with Crippen molar-refractivity contribution in [1.29, 1.82) is 0 Å². The highest BCUT2D eigenvalue weighted by molar-refractivity contribution is 6.30. The molecular weight excluding hydrogens is 270 g/mol. The van der Waals surface area contributed by atoms with Gasteiger partial charge in [0.1, 0.15) is 0 Å². The number of nitrogens with one attached hydrogen (secondary N) is 1. The highest BCUT2D eigenvalue weighted by Crippen LogP contribution is 2.38. The third kappa shape index (κ3) is 4.21. The quantitative estimate of drug-likeness (QED) is 0.628. The number of methoxy groups -OCH3 is 1. The fourth-order valence-corrected chi connectivity index (χ4v) is 3.48. The maximum Gasteiger partial charge on any atom is 0.0587 e. The molecule has 20 heavy (non-hydrogen) atoms. The molecule has 0 heterocycles. The monoisotopic (exact) mass is 295 g/mol. The molecule has 3 heteroatoms. The lowest BCUT2D eigenvalue weighted by Crippen LogP contribution is -2.39. The number of hydrogen-bond donors (Lipinski definition) is 1. The van der Waals surface area contributed by atoms with E-state index in [1.54, 1.807) is 7.11 Å². The largest absolute Gasteiger partial charge is 0.383 e. The molecule has 0 aromatic heterocycles. The van der Waals surface area contributed by atoms with Gasteiger partial charge in [-0.1, -0.05) is 49.4 Å². The van der Waals surface area contributed by atoms with Crippen molar-refractivity contribution < 1.29 is 4.74 Å². The smallest absolute Gasteiger partial charge is 0.0587 e. The summed E-state index contributed by atoms with van der Waals surface area (Å²) in [6.07, 6.45) is 7.87. The summed E-state index contributed by atoms with van der Waals surface area (Å²) in [5.74, 6) is 0. The Bertz CT molecular complexity index is 400. The van der Waals surface area contributed by atoms with E-state index >= 15 is 0 Å². The molecule has 0 aliphatic heterocycles. The van der Waals surface area contributed by atoms with Crippen molar-refractivity contribution in [1.82, 2.24) is 5.32 Å². The Hall–Kier alpha value is -0.570. The summed E-state index contributed by atoms with van der Waals surface area (Å²) >= 11 is 6.21. The van der Waals surface area contributed by atoms with Gasteiger partial charge >= 0.3 is 0 Å². The lowest BCUT2D eigenvalue weighted by atomic mass is 9.74. The summed E-state index contributed by atoms with van der Waals surface area (Å²) in [4.78, 5) is 0. The molecule has 112 valence electrons. The van der Waals surface area contributed by atoms with Gasteiger partial charge in [-0.15, -0.1) is 0 Å². The lowest BCUT2D eigenvalue weighted by molar-refractivity contribution is 0.195. The molecule has 1 saturated carbocycles. The number of rotatable bonds is 6. The van der Waals surface area contributed by atoms with Crippen LogP contribution in [-0.4, -0.2) is 26.8 Å². The Kier molecular flexibility index (Phi) is 6.34. The second-order valence-electron chi connectivity index (χ2n) is 5.87. The predicted molar refractivity (Wildman–Crippen MR) is 85.6 cm³/mol. The standard InChI is InChI=1S/C17H26ClNO/c1-20-12-11-19-14-17(9-4-2-3-5-10-17)15-7-6-8-16(18)13-15/h6-8,13,19H,2-5,9-12,14H2,1H3. The van der Waals surface area contributed by atoms with Crippen LogP contribution in [0.4, 0.5) is 0 Å². The average molecular weight is 296 g/mol. The van der Waals surface area contributed by atoms with E-state index in [-0.39, 0.29) is 5.41 Å². The van der Waals surface area contributed by atoms with Crippen LogP contribution in [0.5, 0.6) is 0 Å². The number of halogens is 1. The molecule has 1 aromatic rings. The number of benzene rings is 1. The minimum atomic E-state index is 0.245. The predicted octanol–water partition coefficient (Wildman–Crippen LogP) is 4.17. The molecule has 0 bridgehead atoms. The first kappa shape index (κ1) is 15.8. The number of ether oxygens (including phenoxy) is 1. The van der Waals surface area contributed by atoms with Crippen LogP contribution in [0.1, 0.15) is 44.1 Å².